The number of carbonyl (C=O) groups excluding carboxylic acids is 4. The molecule has 2 atom stereocenters. The number of carbonyl (C=O) groups is 4. The SMILES string of the molecule is CC(C)[C@@H]1COc2ccccc2C(=O)N[C@H](C(=O)NCCc2ccc(F)cc2)CCC(=O)NC2(CCCCC2)C(=O)N1. The molecule has 10 heteroatoms. The van der Waals surface area contributed by atoms with Crippen molar-refractivity contribution in [1.29, 1.82) is 0 Å². The summed E-state index contributed by atoms with van der Waals surface area (Å²) >= 11 is 0. The Morgan fingerprint density at radius 2 is 1.74 bits per heavy atom. The van der Waals surface area contributed by atoms with E-state index >= 15 is 0 Å². The van der Waals surface area contributed by atoms with Crippen LogP contribution in [0.2, 0.25) is 0 Å². The fraction of sp³-hybridized carbons (Fsp3) is 0.500. The normalized spacial score (nSPS) is 21.6. The highest BCUT2D eigenvalue weighted by Gasteiger charge is 2.42. The van der Waals surface area contributed by atoms with Crippen LogP contribution in [0.1, 0.15) is 74.7 Å². The van der Waals surface area contributed by atoms with Gasteiger partial charge in [0, 0.05) is 13.0 Å². The van der Waals surface area contributed by atoms with Gasteiger partial charge in [-0.25, -0.2) is 4.39 Å². The average Bonchev–Trinajstić information content (AvgIpc) is 2.98. The van der Waals surface area contributed by atoms with E-state index < -0.39 is 23.4 Å². The molecule has 2 aromatic rings. The zero-order chi connectivity index (χ0) is 30.1. The second-order valence-electron chi connectivity index (χ2n) is 11.6. The van der Waals surface area contributed by atoms with Crippen LogP contribution in [0.4, 0.5) is 4.39 Å². The van der Waals surface area contributed by atoms with E-state index in [1.54, 1.807) is 36.4 Å². The average molecular weight is 581 g/mol. The molecule has 1 spiro atoms. The summed E-state index contributed by atoms with van der Waals surface area (Å²) in [6, 6.07) is 11.4. The van der Waals surface area contributed by atoms with Gasteiger partial charge in [0.25, 0.3) is 5.91 Å². The minimum Gasteiger partial charge on any atom is -0.491 e. The Bertz CT molecular complexity index is 1260. The van der Waals surface area contributed by atoms with E-state index in [0.717, 1.165) is 24.8 Å². The molecule has 4 rings (SSSR count). The molecule has 4 amide bonds. The maximum absolute atomic E-state index is 13.7. The summed E-state index contributed by atoms with van der Waals surface area (Å²) in [5, 5.41) is 11.7. The Balaban J connectivity index is 1.56. The monoisotopic (exact) mass is 580 g/mol. The van der Waals surface area contributed by atoms with Crippen LogP contribution in [0.25, 0.3) is 0 Å². The van der Waals surface area contributed by atoms with Crippen LogP contribution < -0.4 is 26.0 Å². The molecule has 2 aliphatic rings. The molecular formula is C32H41FN4O5. The number of benzene rings is 2. The van der Waals surface area contributed by atoms with Gasteiger partial charge in [0.2, 0.25) is 17.7 Å². The molecule has 1 saturated carbocycles. The van der Waals surface area contributed by atoms with Gasteiger partial charge < -0.3 is 26.0 Å². The summed E-state index contributed by atoms with van der Waals surface area (Å²) in [7, 11) is 0. The van der Waals surface area contributed by atoms with E-state index in [0.29, 0.717) is 25.0 Å². The molecule has 1 aliphatic carbocycles. The minimum atomic E-state index is -1.03. The Kier molecular flexibility index (Phi) is 10.5. The molecule has 0 saturated heterocycles. The standard InChI is InChI=1S/C32H41FN4O5/c1-21(2)26-20-42-27-9-5-4-8-24(27)29(39)35-25(30(40)34-19-16-22-10-12-23(33)13-11-22)14-15-28(38)37-32(31(41)36-26)17-6-3-7-18-32/h4-5,8-13,21,25-26H,3,6-7,14-20H2,1-2H3,(H,34,40)(H,35,39)(H,36,41)(H,37,38)/t25-,26-/m0/s1. The maximum Gasteiger partial charge on any atom is 0.255 e. The molecule has 0 bridgehead atoms. The third kappa shape index (κ3) is 8.08. The number of ether oxygens (including phenoxy) is 1. The number of rotatable bonds is 5. The van der Waals surface area contributed by atoms with Crippen molar-refractivity contribution in [3.63, 3.8) is 0 Å². The molecule has 1 aliphatic heterocycles. The van der Waals surface area contributed by atoms with Gasteiger partial charge in [0.1, 0.15) is 29.8 Å². The van der Waals surface area contributed by atoms with Gasteiger partial charge in [-0.15, -0.1) is 0 Å². The number of fused-ring (bicyclic) bond motifs is 1. The summed E-state index contributed by atoms with van der Waals surface area (Å²) in [6.07, 6.45) is 4.14. The zero-order valence-electron chi connectivity index (χ0n) is 24.3. The third-order valence-electron chi connectivity index (χ3n) is 8.10. The highest BCUT2D eigenvalue weighted by atomic mass is 19.1. The summed E-state index contributed by atoms with van der Waals surface area (Å²) in [5.41, 5.74) is 0.0685. The van der Waals surface area contributed by atoms with Gasteiger partial charge in [0.05, 0.1) is 11.6 Å². The largest absolute Gasteiger partial charge is 0.491 e. The number of hydrogen-bond donors (Lipinski definition) is 4. The van der Waals surface area contributed by atoms with Crippen molar-refractivity contribution in [2.45, 2.75) is 82.8 Å². The minimum absolute atomic E-state index is 0.0324. The quantitative estimate of drug-likeness (QED) is 0.431. The Morgan fingerprint density at radius 1 is 1.02 bits per heavy atom. The third-order valence-corrected chi connectivity index (χ3v) is 8.10. The van der Waals surface area contributed by atoms with Crippen LogP contribution >= 0.6 is 0 Å². The van der Waals surface area contributed by atoms with Gasteiger partial charge in [-0.3, -0.25) is 19.2 Å². The Morgan fingerprint density at radius 3 is 2.45 bits per heavy atom. The molecule has 0 unspecified atom stereocenters. The first-order valence-electron chi connectivity index (χ1n) is 14.8. The molecule has 9 nitrogen and oxygen atoms in total. The molecule has 0 aromatic heterocycles. The molecule has 2 aromatic carbocycles. The molecule has 4 N–H and O–H groups in total. The number of nitrogens with one attached hydrogen (secondary N) is 4. The van der Waals surface area contributed by atoms with Crippen LogP contribution in [-0.4, -0.2) is 54.4 Å². The number of halogens is 1. The van der Waals surface area contributed by atoms with Gasteiger partial charge in [-0.05, 0) is 61.4 Å². The van der Waals surface area contributed by atoms with Crippen LogP contribution in [0.3, 0.4) is 0 Å². The highest BCUT2D eigenvalue weighted by molar-refractivity contribution is 6.00. The number of para-hydroxylation sites is 1. The second-order valence-corrected chi connectivity index (χ2v) is 11.6. The number of amides is 4. The van der Waals surface area contributed by atoms with Crippen molar-refractivity contribution in [3.05, 3.63) is 65.5 Å². The molecule has 226 valence electrons. The highest BCUT2D eigenvalue weighted by Crippen LogP contribution is 2.29. The molecular weight excluding hydrogens is 539 g/mol. The summed E-state index contributed by atoms with van der Waals surface area (Å²) in [4.78, 5) is 53.6. The first-order valence-corrected chi connectivity index (χ1v) is 14.8. The lowest BCUT2D eigenvalue weighted by atomic mass is 9.80. The lowest BCUT2D eigenvalue weighted by Crippen LogP contribution is -2.62. The predicted octanol–water partition coefficient (Wildman–Crippen LogP) is 3.42. The molecule has 1 heterocycles. The van der Waals surface area contributed by atoms with E-state index in [-0.39, 0.29) is 61.1 Å². The first kappa shape index (κ1) is 31.0. The van der Waals surface area contributed by atoms with Crippen molar-refractivity contribution >= 4 is 23.6 Å². The summed E-state index contributed by atoms with van der Waals surface area (Å²) in [6.45, 7) is 4.35. The van der Waals surface area contributed by atoms with E-state index in [1.165, 1.54) is 12.1 Å². The lowest BCUT2D eigenvalue weighted by molar-refractivity contribution is -0.136. The number of hydrogen-bond acceptors (Lipinski definition) is 5. The van der Waals surface area contributed by atoms with Gasteiger partial charge >= 0.3 is 0 Å². The van der Waals surface area contributed by atoms with E-state index in [9.17, 15) is 23.6 Å². The lowest BCUT2D eigenvalue weighted by Gasteiger charge is -2.38. The van der Waals surface area contributed by atoms with Crippen molar-refractivity contribution in [1.82, 2.24) is 21.3 Å². The van der Waals surface area contributed by atoms with Crippen LogP contribution in [0.5, 0.6) is 5.75 Å². The zero-order valence-corrected chi connectivity index (χ0v) is 24.3. The van der Waals surface area contributed by atoms with E-state index in [1.807, 2.05) is 13.8 Å². The molecule has 0 radical (unpaired) electrons. The van der Waals surface area contributed by atoms with Crippen LogP contribution in [0, 0.1) is 11.7 Å². The first-order chi connectivity index (χ1) is 20.2. The molecule has 1 fully saturated rings. The smallest absolute Gasteiger partial charge is 0.255 e. The van der Waals surface area contributed by atoms with Gasteiger partial charge in [-0.1, -0.05) is 57.4 Å². The fourth-order valence-electron chi connectivity index (χ4n) is 5.45. The Hall–Kier alpha value is -3.95. The van der Waals surface area contributed by atoms with Crippen LogP contribution in [-0.2, 0) is 20.8 Å². The van der Waals surface area contributed by atoms with Crippen molar-refractivity contribution in [3.8, 4) is 5.75 Å². The second kappa shape index (κ2) is 14.3. The van der Waals surface area contributed by atoms with Gasteiger partial charge in [-0.2, -0.15) is 0 Å². The van der Waals surface area contributed by atoms with Crippen molar-refractivity contribution in [2.75, 3.05) is 13.2 Å². The fourth-order valence-corrected chi connectivity index (χ4v) is 5.45. The Labute approximate surface area is 246 Å². The van der Waals surface area contributed by atoms with Crippen LogP contribution in [0.15, 0.2) is 48.5 Å². The van der Waals surface area contributed by atoms with Crippen molar-refractivity contribution in [2.24, 2.45) is 5.92 Å². The summed E-state index contributed by atoms with van der Waals surface area (Å²) < 4.78 is 19.3. The summed E-state index contributed by atoms with van der Waals surface area (Å²) in [5.74, 6) is -1.50. The molecule has 42 heavy (non-hydrogen) atoms. The van der Waals surface area contributed by atoms with E-state index in [4.69, 9.17) is 4.74 Å². The predicted molar refractivity (Wildman–Crippen MR) is 156 cm³/mol. The maximum atomic E-state index is 13.7. The van der Waals surface area contributed by atoms with E-state index in [2.05, 4.69) is 21.3 Å². The van der Waals surface area contributed by atoms with Crippen molar-refractivity contribution < 1.29 is 28.3 Å². The topological polar surface area (TPSA) is 126 Å². The van der Waals surface area contributed by atoms with Gasteiger partial charge in [0.15, 0.2) is 0 Å².